The average Bonchev–Trinajstić information content (AvgIpc) is 3.35. The summed E-state index contributed by atoms with van der Waals surface area (Å²) in [4.78, 5) is 40.7. The summed E-state index contributed by atoms with van der Waals surface area (Å²) in [5.41, 5.74) is 0.577. The number of hydrogen-bond donors (Lipinski definition) is 0. The van der Waals surface area contributed by atoms with Crippen LogP contribution >= 0.6 is 0 Å². The Labute approximate surface area is 136 Å². The van der Waals surface area contributed by atoms with Gasteiger partial charge in [0.05, 0.1) is 12.1 Å². The summed E-state index contributed by atoms with van der Waals surface area (Å²) in [6.07, 6.45) is 2.63. The van der Waals surface area contributed by atoms with Crippen molar-refractivity contribution < 1.29 is 14.4 Å². The number of nitrogens with zero attached hydrogens (tertiary/aromatic N) is 2. The van der Waals surface area contributed by atoms with E-state index in [1.54, 1.807) is 29.2 Å². The minimum Gasteiger partial charge on any atom is -0.327 e. The Balaban J connectivity index is 1.88. The van der Waals surface area contributed by atoms with Crippen LogP contribution in [0.2, 0.25) is 0 Å². The predicted molar refractivity (Wildman–Crippen MR) is 86.7 cm³/mol. The van der Waals surface area contributed by atoms with Crippen molar-refractivity contribution in [2.75, 3.05) is 4.90 Å². The lowest BCUT2D eigenvalue weighted by Gasteiger charge is -2.33. The van der Waals surface area contributed by atoms with Crippen molar-refractivity contribution in [3.8, 4) is 0 Å². The first kappa shape index (κ1) is 15.7. The number of carbonyl (C=O) groups is 3. The van der Waals surface area contributed by atoms with E-state index in [4.69, 9.17) is 0 Å². The van der Waals surface area contributed by atoms with Gasteiger partial charge in [-0.05, 0) is 38.3 Å². The SMILES string of the molecule is CCC(C)N(C(=O)C1CC1)C1CC(=O)N(c2ccccc2)C1=O. The maximum absolute atomic E-state index is 12.8. The van der Waals surface area contributed by atoms with Gasteiger partial charge < -0.3 is 4.90 Å². The van der Waals surface area contributed by atoms with E-state index in [-0.39, 0.29) is 36.1 Å². The van der Waals surface area contributed by atoms with Crippen LogP contribution in [0.4, 0.5) is 5.69 Å². The molecule has 2 fully saturated rings. The quantitative estimate of drug-likeness (QED) is 0.784. The van der Waals surface area contributed by atoms with Gasteiger partial charge in [0.1, 0.15) is 6.04 Å². The molecule has 1 saturated carbocycles. The van der Waals surface area contributed by atoms with Crippen LogP contribution in [0.25, 0.3) is 0 Å². The van der Waals surface area contributed by atoms with Gasteiger partial charge in [-0.3, -0.25) is 14.4 Å². The first-order valence-corrected chi connectivity index (χ1v) is 8.28. The summed E-state index contributed by atoms with van der Waals surface area (Å²) in [7, 11) is 0. The molecule has 0 aromatic heterocycles. The second-order valence-corrected chi connectivity index (χ2v) is 6.40. The molecular formula is C18H22N2O3. The molecule has 1 aliphatic heterocycles. The topological polar surface area (TPSA) is 57.7 Å². The molecule has 122 valence electrons. The molecule has 2 aliphatic rings. The highest BCUT2D eigenvalue weighted by molar-refractivity contribution is 6.23. The number of rotatable bonds is 5. The van der Waals surface area contributed by atoms with Crippen LogP contribution in [0.5, 0.6) is 0 Å². The fraction of sp³-hybridized carbons (Fsp3) is 0.500. The van der Waals surface area contributed by atoms with Crippen LogP contribution in [0, 0.1) is 5.92 Å². The van der Waals surface area contributed by atoms with Gasteiger partial charge >= 0.3 is 0 Å². The first-order chi connectivity index (χ1) is 11.0. The number of hydrogen-bond acceptors (Lipinski definition) is 3. The Kier molecular flexibility index (Phi) is 4.20. The maximum atomic E-state index is 12.8. The summed E-state index contributed by atoms with van der Waals surface area (Å²) in [6, 6.07) is 8.22. The van der Waals surface area contributed by atoms with Gasteiger partial charge in [-0.2, -0.15) is 0 Å². The predicted octanol–water partition coefficient (Wildman–Crippen LogP) is 2.36. The highest BCUT2D eigenvalue weighted by Gasteiger charge is 2.47. The standard InChI is InChI=1S/C18H22N2O3/c1-3-12(2)19(17(22)13-9-10-13)15-11-16(21)20(18(15)23)14-7-5-4-6-8-14/h4-8,12-13,15H,3,9-11H2,1-2H3. The molecule has 1 aliphatic carbocycles. The highest BCUT2D eigenvalue weighted by atomic mass is 16.2. The van der Waals surface area contributed by atoms with E-state index < -0.39 is 6.04 Å². The molecule has 1 heterocycles. The van der Waals surface area contributed by atoms with E-state index >= 15 is 0 Å². The van der Waals surface area contributed by atoms with E-state index in [0.717, 1.165) is 19.3 Å². The Morgan fingerprint density at radius 1 is 1.26 bits per heavy atom. The minimum absolute atomic E-state index is 0.0282. The molecule has 2 atom stereocenters. The molecule has 2 unspecified atom stereocenters. The van der Waals surface area contributed by atoms with Crippen molar-refractivity contribution in [2.24, 2.45) is 5.92 Å². The van der Waals surface area contributed by atoms with Crippen LogP contribution in [-0.2, 0) is 14.4 Å². The van der Waals surface area contributed by atoms with Gasteiger partial charge in [-0.1, -0.05) is 25.1 Å². The summed E-state index contributed by atoms with van der Waals surface area (Å²) < 4.78 is 0. The lowest BCUT2D eigenvalue weighted by atomic mass is 10.1. The molecular weight excluding hydrogens is 292 g/mol. The van der Waals surface area contributed by atoms with Gasteiger partial charge in [0, 0.05) is 12.0 Å². The van der Waals surface area contributed by atoms with E-state index in [1.165, 1.54) is 4.90 Å². The molecule has 0 spiro atoms. The molecule has 3 rings (SSSR count). The molecule has 3 amide bonds. The number of carbonyl (C=O) groups excluding carboxylic acids is 3. The molecule has 1 aromatic rings. The van der Waals surface area contributed by atoms with Crippen molar-refractivity contribution in [3.63, 3.8) is 0 Å². The summed E-state index contributed by atoms with van der Waals surface area (Å²) in [5, 5.41) is 0. The highest BCUT2D eigenvalue weighted by Crippen LogP contribution is 2.35. The van der Waals surface area contributed by atoms with Gasteiger partial charge in [-0.25, -0.2) is 4.90 Å². The summed E-state index contributed by atoms with van der Waals surface area (Å²) >= 11 is 0. The Morgan fingerprint density at radius 2 is 1.91 bits per heavy atom. The van der Waals surface area contributed by atoms with Gasteiger partial charge in [0.2, 0.25) is 11.8 Å². The molecule has 1 saturated heterocycles. The minimum atomic E-state index is -0.661. The zero-order valence-corrected chi connectivity index (χ0v) is 13.6. The van der Waals surface area contributed by atoms with Crippen molar-refractivity contribution in [2.45, 2.75) is 51.6 Å². The van der Waals surface area contributed by atoms with Crippen LogP contribution in [0.3, 0.4) is 0 Å². The molecule has 5 heteroatoms. The monoisotopic (exact) mass is 314 g/mol. The van der Waals surface area contributed by atoms with Crippen LogP contribution < -0.4 is 4.90 Å². The number of benzene rings is 1. The van der Waals surface area contributed by atoms with Crippen LogP contribution in [0.15, 0.2) is 30.3 Å². The number of para-hydroxylation sites is 1. The van der Waals surface area contributed by atoms with Crippen molar-refractivity contribution in [3.05, 3.63) is 30.3 Å². The Bertz CT molecular complexity index is 624. The average molecular weight is 314 g/mol. The van der Waals surface area contributed by atoms with E-state index in [0.29, 0.717) is 5.69 Å². The Morgan fingerprint density at radius 3 is 2.48 bits per heavy atom. The molecule has 0 N–H and O–H groups in total. The van der Waals surface area contributed by atoms with Crippen LogP contribution in [-0.4, -0.2) is 34.7 Å². The first-order valence-electron chi connectivity index (χ1n) is 8.28. The zero-order valence-electron chi connectivity index (χ0n) is 13.6. The van der Waals surface area contributed by atoms with Crippen molar-refractivity contribution in [1.82, 2.24) is 4.90 Å². The number of amides is 3. The molecule has 0 radical (unpaired) electrons. The van der Waals surface area contributed by atoms with Gasteiger partial charge in [0.25, 0.3) is 5.91 Å². The third-order valence-corrected chi connectivity index (χ3v) is 4.72. The smallest absolute Gasteiger partial charge is 0.257 e. The fourth-order valence-corrected chi connectivity index (χ4v) is 3.10. The lowest BCUT2D eigenvalue weighted by molar-refractivity contribution is -0.141. The summed E-state index contributed by atoms with van der Waals surface area (Å²) in [6.45, 7) is 3.94. The Hall–Kier alpha value is -2.17. The maximum Gasteiger partial charge on any atom is 0.257 e. The molecule has 23 heavy (non-hydrogen) atoms. The van der Waals surface area contributed by atoms with E-state index in [1.807, 2.05) is 19.9 Å². The molecule has 0 bridgehead atoms. The normalized spacial score (nSPS) is 22.3. The molecule has 1 aromatic carbocycles. The summed E-state index contributed by atoms with van der Waals surface area (Å²) in [5.74, 6) is -0.448. The molecule has 5 nitrogen and oxygen atoms in total. The third-order valence-electron chi connectivity index (χ3n) is 4.72. The van der Waals surface area contributed by atoms with E-state index in [2.05, 4.69) is 0 Å². The lowest BCUT2D eigenvalue weighted by Crippen LogP contribution is -2.50. The van der Waals surface area contributed by atoms with Crippen molar-refractivity contribution in [1.29, 1.82) is 0 Å². The third kappa shape index (κ3) is 2.87. The van der Waals surface area contributed by atoms with Crippen molar-refractivity contribution >= 4 is 23.4 Å². The zero-order chi connectivity index (χ0) is 16.6. The fourth-order valence-electron chi connectivity index (χ4n) is 3.10. The van der Waals surface area contributed by atoms with E-state index in [9.17, 15) is 14.4 Å². The largest absolute Gasteiger partial charge is 0.327 e. The van der Waals surface area contributed by atoms with Gasteiger partial charge in [0.15, 0.2) is 0 Å². The van der Waals surface area contributed by atoms with Crippen LogP contribution in [0.1, 0.15) is 39.5 Å². The second kappa shape index (κ2) is 6.14. The number of imide groups is 1. The second-order valence-electron chi connectivity index (χ2n) is 6.40. The number of anilines is 1. The van der Waals surface area contributed by atoms with Gasteiger partial charge in [-0.15, -0.1) is 0 Å².